The van der Waals surface area contributed by atoms with Gasteiger partial charge in [-0.1, -0.05) is 26.7 Å². The summed E-state index contributed by atoms with van der Waals surface area (Å²) in [4.78, 5) is 2.66. The van der Waals surface area contributed by atoms with Gasteiger partial charge in [0.2, 0.25) is 0 Å². The monoisotopic (exact) mass is 183 g/mol. The van der Waals surface area contributed by atoms with Crippen LogP contribution >= 0.6 is 0 Å². The minimum atomic E-state index is 0.823. The highest BCUT2D eigenvalue weighted by Gasteiger charge is 2.19. The molecule has 13 heavy (non-hydrogen) atoms. The molecule has 0 N–H and O–H groups in total. The van der Waals surface area contributed by atoms with Crippen LogP contribution in [0.5, 0.6) is 0 Å². The molecule has 1 heteroatoms. The molecular formula is C12H25N. The first-order valence-electron chi connectivity index (χ1n) is 5.98. The standard InChI is InChI=1S/C12H25N/c1-4-7-11(2)10-12(3)13-8-5-6-9-13/h11-12H,4-10H2,1-3H3. The Kier molecular flexibility index (Phi) is 4.79. The van der Waals surface area contributed by atoms with E-state index in [9.17, 15) is 0 Å². The average Bonchev–Trinajstić information content (AvgIpc) is 2.55. The summed E-state index contributed by atoms with van der Waals surface area (Å²) in [5.74, 6) is 0.917. The molecule has 0 aliphatic carbocycles. The maximum absolute atomic E-state index is 2.66. The van der Waals surface area contributed by atoms with Crippen LogP contribution in [0.1, 0.15) is 52.9 Å². The van der Waals surface area contributed by atoms with Crippen LogP contribution in [0.4, 0.5) is 0 Å². The smallest absolute Gasteiger partial charge is 0.00694 e. The largest absolute Gasteiger partial charge is 0.301 e. The van der Waals surface area contributed by atoms with Gasteiger partial charge in [-0.3, -0.25) is 0 Å². The van der Waals surface area contributed by atoms with Crippen molar-refractivity contribution in [2.45, 2.75) is 58.9 Å². The molecule has 0 bridgehead atoms. The minimum absolute atomic E-state index is 0.823. The van der Waals surface area contributed by atoms with Crippen molar-refractivity contribution in [2.75, 3.05) is 13.1 Å². The van der Waals surface area contributed by atoms with E-state index in [4.69, 9.17) is 0 Å². The molecule has 2 atom stereocenters. The van der Waals surface area contributed by atoms with Crippen molar-refractivity contribution in [2.24, 2.45) is 5.92 Å². The van der Waals surface area contributed by atoms with E-state index in [1.165, 1.54) is 45.2 Å². The van der Waals surface area contributed by atoms with Gasteiger partial charge in [-0.2, -0.15) is 0 Å². The van der Waals surface area contributed by atoms with Crippen LogP contribution in [0.3, 0.4) is 0 Å². The Bertz CT molecular complexity index is 127. The second-order valence-corrected chi connectivity index (χ2v) is 4.72. The molecule has 0 amide bonds. The highest BCUT2D eigenvalue weighted by molar-refractivity contribution is 4.74. The van der Waals surface area contributed by atoms with Crippen molar-refractivity contribution in [3.8, 4) is 0 Å². The normalized spacial score (nSPS) is 23.3. The van der Waals surface area contributed by atoms with Crippen molar-refractivity contribution in [1.29, 1.82) is 0 Å². The second kappa shape index (κ2) is 5.64. The third-order valence-electron chi connectivity index (χ3n) is 3.29. The van der Waals surface area contributed by atoms with E-state index in [2.05, 4.69) is 25.7 Å². The SMILES string of the molecule is CCCC(C)CC(C)N1CCCC1. The zero-order valence-electron chi connectivity index (χ0n) is 9.55. The predicted molar refractivity (Wildman–Crippen MR) is 59.0 cm³/mol. The molecule has 1 nitrogen and oxygen atoms in total. The Morgan fingerprint density at radius 1 is 1.15 bits per heavy atom. The van der Waals surface area contributed by atoms with Crippen LogP contribution in [0.15, 0.2) is 0 Å². The number of rotatable bonds is 5. The van der Waals surface area contributed by atoms with Gasteiger partial charge < -0.3 is 4.90 Å². The fourth-order valence-corrected chi connectivity index (χ4v) is 2.52. The first kappa shape index (κ1) is 11.0. The minimum Gasteiger partial charge on any atom is -0.301 e. The Labute approximate surface area is 83.5 Å². The molecule has 0 aromatic carbocycles. The van der Waals surface area contributed by atoms with Crippen molar-refractivity contribution in [3.63, 3.8) is 0 Å². The Balaban J connectivity index is 2.18. The summed E-state index contributed by atoms with van der Waals surface area (Å²) in [6, 6.07) is 0.823. The van der Waals surface area contributed by atoms with E-state index in [-0.39, 0.29) is 0 Å². The van der Waals surface area contributed by atoms with Crippen LogP contribution in [0, 0.1) is 5.92 Å². The van der Waals surface area contributed by atoms with Gasteiger partial charge in [0.15, 0.2) is 0 Å². The molecule has 1 aliphatic heterocycles. The molecule has 0 saturated carbocycles. The third kappa shape index (κ3) is 3.68. The fraction of sp³-hybridized carbons (Fsp3) is 1.00. The van der Waals surface area contributed by atoms with Gasteiger partial charge in [0.1, 0.15) is 0 Å². The van der Waals surface area contributed by atoms with Gasteiger partial charge in [0, 0.05) is 6.04 Å². The Morgan fingerprint density at radius 2 is 1.77 bits per heavy atom. The summed E-state index contributed by atoms with van der Waals surface area (Å²) in [6.07, 6.45) is 6.99. The lowest BCUT2D eigenvalue weighted by molar-refractivity contribution is 0.221. The van der Waals surface area contributed by atoms with Gasteiger partial charge in [0.25, 0.3) is 0 Å². The number of hydrogen-bond donors (Lipinski definition) is 0. The lowest BCUT2D eigenvalue weighted by Crippen LogP contribution is -2.31. The maximum atomic E-state index is 2.66. The molecule has 1 aliphatic rings. The average molecular weight is 183 g/mol. The molecule has 1 heterocycles. The Morgan fingerprint density at radius 3 is 2.31 bits per heavy atom. The van der Waals surface area contributed by atoms with Gasteiger partial charge in [-0.15, -0.1) is 0 Å². The fourth-order valence-electron chi connectivity index (χ4n) is 2.52. The van der Waals surface area contributed by atoms with Crippen LogP contribution < -0.4 is 0 Å². The highest BCUT2D eigenvalue weighted by atomic mass is 15.2. The summed E-state index contributed by atoms with van der Waals surface area (Å²) in [5.41, 5.74) is 0. The van der Waals surface area contributed by atoms with Crippen molar-refractivity contribution < 1.29 is 0 Å². The maximum Gasteiger partial charge on any atom is 0.00694 e. The predicted octanol–water partition coefficient (Wildman–Crippen LogP) is 3.30. The lowest BCUT2D eigenvalue weighted by atomic mass is 9.97. The van der Waals surface area contributed by atoms with E-state index >= 15 is 0 Å². The molecule has 1 rings (SSSR count). The summed E-state index contributed by atoms with van der Waals surface area (Å²) in [7, 11) is 0. The van der Waals surface area contributed by atoms with Crippen molar-refractivity contribution in [1.82, 2.24) is 4.90 Å². The first-order valence-corrected chi connectivity index (χ1v) is 5.98. The van der Waals surface area contributed by atoms with Crippen LogP contribution in [0.25, 0.3) is 0 Å². The summed E-state index contributed by atoms with van der Waals surface area (Å²) in [6.45, 7) is 9.78. The number of likely N-dealkylation sites (tertiary alicyclic amines) is 1. The van der Waals surface area contributed by atoms with Crippen LogP contribution in [-0.4, -0.2) is 24.0 Å². The molecule has 1 saturated heterocycles. The molecule has 0 aromatic rings. The van der Waals surface area contributed by atoms with E-state index < -0.39 is 0 Å². The van der Waals surface area contributed by atoms with Gasteiger partial charge in [-0.05, 0) is 45.2 Å². The molecule has 78 valence electrons. The van der Waals surface area contributed by atoms with E-state index in [0.717, 1.165) is 12.0 Å². The van der Waals surface area contributed by atoms with Crippen molar-refractivity contribution in [3.05, 3.63) is 0 Å². The first-order chi connectivity index (χ1) is 6.24. The number of hydrogen-bond acceptors (Lipinski definition) is 1. The van der Waals surface area contributed by atoms with E-state index in [1.54, 1.807) is 0 Å². The van der Waals surface area contributed by atoms with Gasteiger partial charge >= 0.3 is 0 Å². The quantitative estimate of drug-likeness (QED) is 0.632. The molecular weight excluding hydrogens is 158 g/mol. The van der Waals surface area contributed by atoms with Gasteiger partial charge in [-0.25, -0.2) is 0 Å². The lowest BCUT2D eigenvalue weighted by Gasteiger charge is -2.26. The molecule has 2 unspecified atom stereocenters. The van der Waals surface area contributed by atoms with Crippen molar-refractivity contribution >= 4 is 0 Å². The van der Waals surface area contributed by atoms with Crippen LogP contribution in [0.2, 0.25) is 0 Å². The molecule has 1 fully saturated rings. The van der Waals surface area contributed by atoms with E-state index in [1.807, 2.05) is 0 Å². The summed E-state index contributed by atoms with van der Waals surface area (Å²) in [5, 5.41) is 0. The second-order valence-electron chi connectivity index (χ2n) is 4.72. The van der Waals surface area contributed by atoms with Crippen LogP contribution in [-0.2, 0) is 0 Å². The summed E-state index contributed by atoms with van der Waals surface area (Å²) < 4.78 is 0. The highest BCUT2D eigenvalue weighted by Crippen LogP contribution is 2.19. The molecule has 0 radical (unpaired) electrons. The number of nitrogens with zero attached hydrogens (tertiary/aromatic N) is 1. The third-order valence-corrected chi connectivity index (χ3v) is 3.29. The topological polar surface area (TPSA) is 3.24 Å². The zero-order valence-corrected chi connectivity index (χ0v) is 9.55. The van der Waals surface area contributed by atoms with Gasteiger partial charge in [0.05, 0.1) is 0 Å². The zero-order chi connectivity index (χ0) is 9.68. The summed E-state index contributed by atoms with van der Waals surface area (Å²) >= 11 is 0. The van der Waals surface area contributed by atoms with E-state index in [0.29, 0.717) is 0 Å². The Hall–Kier alpha value is -0.0400. The molecule has 0 spiro atoms. The molecule has 0 aromatic heterocycles.